The number of rotatable bonds is 7. The van der Waals surface area contributed by atoms with Crippen LogP contribution in [-0.4, -0.2) is 57.3 Å². The van der Waals surface area contributed by atoms with Gasteiger partial charge in [0.15, 0.2) is 0 Å². The lowest BCUT2D eigenvalue weighted by Crippen LogP contribution is -2.14. The van der Waals surface area contributed by atoms with Crippen LogP contribution in [0.2, 0.25) is 5.28 Å². The van der Waals surface area contributed by atoms with E-state index in [4.69, 9.17) is 25.6 Å². The average Bonchev–Trinajstić information content (AvgIpc) is 3.57. The fraction of sp³-hybridized carbons (Fsp3) is 0.471. The molecule has 0 aliphatic carbocycles. The van der Waals surface area contributed by atoms with Gasteiger partial charge in [-0.25, -0.2) is 0 Å². The maximum absolute atomic E-state index is 11.1. The third-order valence-corrected chi connectivity index (χ3v) is 6.12. The van der Waals surface area contributed by atoms with Gasteiger partial charge in [-0.05, 0) is 41.4 Å². The Morgan fingerprint density at radius 2 is 1.97 bits per heavy atom. The van der Waals surface area contributed by atoms with Crippen molar-refractivity contribution in [3.05, 3.63) is 55.0 Å². The molecule has 13 nitrogen and oxygen atoms in total. The lowest BCUT2D eigenvalue weighted by Gasteiger charge is -2.07. The van der Waals surface area contributed by atoms with E-state index in [1.54, 1.807) is 0 Å². The summed E-state index contributed by atoms with van der Waals surface area (Å²) in [5.74, 6) is -0.237. The predicted molar refractivity (Wildman–Crippen MR) is 109 cm³/mol. The summed E-state index contributed by atoms with van der Waals surface area (Å²) in [6, 6.07) is 2.52. The number of hydrogen-bond acceptors (Lipinski definition) is 9. The highest BCUT2D eigenvalue weighted by Gasteiger charge is 2.40. The topological polar surface area (TPSA) is 184 Å². The number of epoxide rings is 2. The molecule has 0 radical (unpaired) electrons. The lowest BCUT2D eigenvalue weighted by atomic mass is 10.0. The minimum atomic E-state index is -4.45. The van der Waals surface area contributed by atoms with Gasteiger partial charge in [-0.3, -0.25) is 19.2 Å². The van der Waals surface area contributed by atoms with E-state index in [0.29, 0.717) is 31.7 Å². The Morgan fingerprint density at radius 1 is 1.34 bits per heavy atom. The molecular weight excluding hydrogens is 472 g/mol. The van der Waals surface area contributed by atoms with Crippen LogP contribution < -0.4 is 0 Å². The highest BCUT2D eigenvalue weighted by Crippen LogP contribution is 2.32. The van der Waals surface area contributed by atoms with Crippen LogP contribution in [0.5, 0.6) is 0 Å². The number of ether oxygens (including phenoxy) is 2. The van der Waals surface area contributed by atoms with Gasteiger partial charge >= 0.3 is 11.1 Å². The average molecular weight is 491 g/mol. The molecular formula is C17H19ClN4O9S. The third kappa shape index (κ3) is 5.77. The minimum Gasteiger partial charge on any atom is -0.373 e. The predicted octanol–water partition coefficient (Wildman–Crippen LogP) is 2.32. The molecule has 1 aromatic heterocycles. The molecule has 1 N–H and O–H groups in total. The van der Waals surface area contributed by atoms with Crippen molar-refractivity contribution in [2.75, 3.05) is 13.2 Å². The van der Waals surface area contributed by atoms with E-state index in [-0.39, 0.29) is 34.1 Å². The van der Waals surface area contributed by atoms with Crippen molar-refractivity contribution in [2.24, 2.45) is 0 Å². The second kappa shape index (κ2) is 8.71. The first-order valence-corrected chi connectivity index (χ1v) is 11.0. The van der Waals surface area contributed by atoms with Crippen LogP contribution in [0.25, 0.3) is 0 Å². The monoisotopic (exact) mass is 490 g/mol. The highest BCUT2D eigenvalue weighted by atomic mass is 35.5. The van der Waals surface area contributed by atoms with E-state index in [9.17, 15) is 28.6 Å². The van der Waals surface area contributed by atoms with Gasteiger partial charge in [-0.2, -0.15) is 8.42 Å². The van der Waals surface area contributed by atoms with Gasteiger partial charge < -0.3 is 19.6 Å². The minimum absolute atomic E-state index is 0.0420. The van der Waals surface area contributed by atoms with Gasteiger partial charge in [0.2, 0.25) is 0 Å². The number of nitro groups is 2. The van der Waals surface area contributed by atoms with Crippen LogP contribution in [0.3, 0.4) is 0 Å². The standard InChI is InChI=1S/C10H11NO6S.C7H8ClN3O3/c1-6-9(18(14,15)16)3-2-7(4-8-5-17-8)10(6)11(12)13;1-7(4-14-7)3-10-2-5(11(12)13)9-6(10)8/h2-3,8H,4-5H2,1H3,(H,14,15,16);2H,3-4H2,1H3/t8-;7-/m10/s1. The molecule has 0 spiro atoms. The summed E-state index contributed by atoms with van der Waals surface area (Å²) < 4.78 is 42.8. The normalized spacial score (nSPS) is 21.4. The van der Waals surface area contributed by atoms with E-state index in [0.717, 1.165) is 0 Å². The molecule has 0 amide bonds. The van der Waals surface area contributed by atoms with Crippen LogP contribution in [-0.2, 0) is 32.6 Å². The van der Waals surface area contributed by atoms with Crippen LogP contribution in [0.15, 0.2) is 23.2 Å². The molecule has 2 saturated heterocycles. The number of imidazole rings is 1. The van der Waals surface area contributed by atoms with Crippen LogP contribution >= 0.6 is 11.6 Å². The fourth-order valence-electron chi connectivity index (χ4n) is 3.02. The Kier molecular flexibility index (Phi) is 6.53. The molecule has 2 aliphatic heterocycles. The smallest absolute Gasteiger partial charge is 0.373 e. The van der Waals surface area contributed by atoms with Gasteiger partial charge in [0.25, 0.3) is 15.8 Å². The van der Waals surface area contributed by atoms with Gasteiger partial charge in [-0.15, -0.1) is 0 Å². The first-order chi connectivity index (χ1) is 14.8. The summed E-state index contributed by atoms with van der Waals surface area (Å²) in [6.07, 6.45) is 1.64. The molecule has 2 fully saturated rings. The molecule has 15 heteroatoms. The molecule has 3 heterocycles. The van der Waals surface area contributed by atoms with Crippen LogP contribution in [0, 0.1) is 27.2 Å². The van der Waals surface area contributed by atoms with Crippen LogP contribution in [0.1, 0.15) is 18.1 Å². The lowest BCUT2D eigenvalue weighted by molar-refractivity contribution is -0.389. The SMILES string of the molecule is C[C@]1(Cn2cc([N+](=O)[O-])nc2Cl)CO1.Cc1c(S(=O)(=O)O)ccc(C[C@@H]2CO2)c1[N+](=O)[O-]. The van der Waals surface area contributed by atoms with Crippen molar-refractivity contribution >= 4 is 33.2 Å². The zero-order chi connectivity index (χ0) is 23.8. The van der Waals surface area contributed by atoms with E-state index < -0.39 is 24.9 Å². The second-order valence-electron chi connectivity index (χ2n) is 7.58. The maximum Gasteiger partial charge on any atom is 0.383 e. The summed E-state index contributed by atoms with van der Waals surface area (Å²) in [6.45, 7) is 4.91. The maximum atomic E-state index is 11.1. The molecule has 2 aromatic rings. The second-order valence-corrected chi connectivity index (χ2v) is 9.31. The molecule has 0 saturated carbocycles. The van der Waals surface area contributed by atoms with Gasteiger partial charge in [-0.1, -0.05) is 6.07 Å². The van der Waals surface area contributed by atoms with E-state index in [2.05, 4.69) is 4.98 Å². The van der Waals surface area contributed by atoms with E-state index in [1.165, 1.54) is 29.8 Å². The summed E-state index contributed by atoms with van der Waals surface area (Å²) in [5.41, 5.74) is -0.160. The molecule has 0 unspecified atom stereocenters. The molecule has 174 valence electrons. The Hall–Kier alpha value is -2.65. The Morgan fingerprint density at radius 3 is 2.41 bits per heavy atom. The zero-order valence-corrected chi connectivity index (χ0v) is 18.5. The molecule has 4 rings (SSSR count). The van der Waals surface area contributed by atoms with Crippen LogP contribution in [0.4, 0.5) is 11.5 Å². The molecule has 2 aliphatic rings. The van der Waals surface area contributed by atoms with Crippen molar-refractivity contribution < 1.29 is 32.3 Å². The Labute approximate surface area is 187 Å². The quantitative estimate of drug-likeness (QED) is 0.261. The number of halogens is 1. The number of hydrogen-bond donors (Lipinski definition) is 1. The van der Waals surface area contributed by atoms with Crippen molar-refractivity contribution in [3.63, 3.8) is 0 Å². The number of aromatic nitrogens is 2. The van der Waals surface area contributed by atoms with E-state index in [1.807, 2.05) is 6.92 Å². The summed E-state index contributed by atoms with van der Waals surface area (Å²) in [7, 11) is -4.45. The van der Waals surface area contributed by atoms with Crippen molar-refractivity contribution in [1.82, 2.24) is 9.55 Å². The molecule has 2 atom stereocenters. The van der Waals surface area contributed by atoms with Crippen molar-refractivity contribution in [2.45, 2.75) is 43.4 Å². The Bertz CT molecular complexity index is 1170. The summed E-state index contributed by atoms with van der Waals surface area (Å²) in [4.78, 5) is 23.4. The summed E-state index contributed by atoms with van der Waals surface area (Å²) in [5, 5.41) is 21.5. The first kappa shape index (κ1) is 24.0. The summed E-state index contributed by atoms with van der Waals surface area (Å²) >= 11 is 5.71. The Balaban J connectivity index is 0.000000186. The number of nitrogens with zero attached hydrogens (tertiary/aromatic N) is 4. The number of benzene rings is 1. The van der Waals surface area contributed by atoms with Gasteiger partial charge in [0, 0.05) is 17.5 Å². The van der Waals surface area contributed by atoms with Crippen molar-refractivity contribution in [3.8, 4) is 0 Å². The highest BCUT2D eigenvalue weighted by molar-refractivity contribution is 7.85. The number of nitro benzene ring substituents is 1. The molecule has 32 heavy (non-hydrogen) atoms. The van der Waals surface area contributed by atoms with E-state index >= 15 is 0 Å². The van der Waals surface area contributed by atoms with Crippen molar-refractivity contribution in [1.29, 1.82) is 0 Å². The third-order valence-electron chi connectivity index (χ3n) is 4.82. The molecule has 1 aromatic carbocycles. The largest absolute Gasteiger partial charge is 0.383 e. The first-order valence-electron chi connectivity index (χ1n) is 9.18. The van der Waals surface area contributed by atoms with Gasteiger partial charge in [0.05, 0.1) is 30.8 Å². The van der Waals surface area contributed by atoms with Gasteiger partial charge in [0.1, 0.15) is 16.7 Å². The zero-order valence-electron chi connectivity index (χ0n) is 16.9. The fourth-order valence-corrected chi connectivity index (χ4v) is 3.94. The molecule has 0 bridgehead atoms.